The van der Waals surface area contributed by atoms with Gasteiger partial charge in [0.05, 0.1) is 44.2 Å². The number of benzene rings is 14. The molecule has 14 aromatic carbocycles. The molecular formula is C101H63N9O2. The van der Waals surface area contributed by atoms with Crippen molar-refractivity contribution in [3.05, 3.63) is 382 Å². The Bertz CT molecular complexity index is 7190. The van der Waals surface area contributed by atoms with Crippen LogP contribution in [0.2, 0.25) is 0 Å². The van der Waals surface area contributed by atoms with Crippen LogP contribution in [0.3, 0.4) is 0 Å². The van der Waals surface area contributed by atoms with Gasteiger partial charge in [-0.3, -0.25) is 9.13 Å². The average Bonchev–Trinajstić information content (AvgIpc) is 1.54. The summed E-state index contributed by atoms with van der Waals surface area (Å²) in [6, 6.07) is 131. The van der Waals surface area contributed by atoms with E-state index in [0.717, 1.165) is 189 Å². The molecule has 8 heterocycles. The number of fused-ring (bicyclic) bond motifs is 14. The molecule has 524 valence electrons. The van der Waals surface area contributed by atoms with Gasteiger partial charge in [-0.2, -0.15) is 0 Å². The van der Waals surface area contributed by atoms with Crippen molar-refractivity contribution in [3.8, 4) is 124 Å². The van der Waals surface area contributed by atoms with E-state index in [4.69, 9.17) is 43.7 Å². The predicted octanol–water partition coefficient (Wildman–Crippen LogP) is 25.8. The molecule has 0 N–H and O–H groups in total. The number of aromatic nitrogens is 9. The Morgan fingerprint density at radius 1 is 0.214 bits per heavy atom. The Balaban J connectivity index is 0.000000141. The van der Waals surface area contributed by atoms with Gasteiger partial charge in [0.25, 0.3) is 0 Å². The van der Waals surface area contributed by atoms with Gasteiger partial charge in [0.1, 0.15) is 11.4 Å². The number of furan rings is 2. The lowest BCUT2D eigenvalue weighted by molar-refractivity contribution is 0.645. The van der Waals surface area contributed by atoms with Gasteiger partial charge in [0, 0.05) is 93.8 Å². The molecule has 0 amide bonds. The third-order valence-electron chi connectivity index (χ3n) is 21.1. The lowest BCUT2D eigenvalue weighted by atomic mass is 9.96. The van der Waals surface area contributed by atoms with Gasteiger partial charge in [-0.15, -0.1) is 0 Å². The molecule has 0 aliphatic rings. The molecule has 0 aliphatic heterocycles. The second-order valence-corrected chi connectivity index (χ2v) is 27.8. The third-order valence-corrected chi connectivity index (χ3v) is 21.1. The van der Waals surface area contributed by atoms with E-state index in [9.17, 15) is 0 Å². The summed E-state index contributed by atoms with van der Waals surface area (Å²) in [5.41, 5.74) is 24.8. The van der Waals surface area contributed by atoms with Crippen molar-refractivity contribution < 1.29 is 8.83 Å². The van der Waals surface area contributed by atoms with Crippen molar-refractivity contribution in [3.63, 3.8) is 0 Å². The summed E-state index contributed by atoms with van der Waals surface area (Å²) in [5, 5.41) is 8.67. The SMILES string of the molecule is c1ccc(-c2cc(-c3ccc(-c4cccc5c4nc(-c4ccccc4)c4oc6c(c7ccccc7n6-c6ccccc6)c45)cc3)nc(-c3ccccc3)n2)cc1.c1ccc(-c2nc(-c3ccccc3)nc(-c3ccc(-c4ccc5c(c4)nc(-c4ccccc4)c4oc6c(c7ccccc7n6-c6ccccc6)c45)cc3)n2)cc1. The van der Waals surface area contributed by atoms with Gasteiger partial charge >= 0.3 is 0 Å². The summed E-state index contributed by atoms with van der Waals surface area (Å²) in [5.74, 6) is 2.60. The van der Waals surface area contributed by atoms with Gasteiger partial charge in [0.15, 0.2) is 34.5 Å². The summed E-state index contributed by atoms with van der Waals surface area (Å²) in [7, 11) is 0. The molecule has 0 spiro atoms. The summed E-state index contributed by atoms with van der Waals surface area (Å²) < 4.78 is 18.4. The summed E-state index contributed by atoms with van der Waals surface area (Å²) in [4.78, 5) is 35.5. The molecule has 8 aromatic heterocycles. The Labute approximate surface area is 643 Å². The molecule has 0 aliphatic carbocycles. The highest BCUT2D eigenvalue weighted by Gasteiger charge is 2.28. The maximum Gasteiger partial charge on any atom is 0.213 e. The Morgan fingerprint density at radius 2 is 0.562 bits per heavy atom. The molecule has 22 rings (SSSR count). The van der Waals surface area contributed by atoms with Crippen LogP contribution in [0.5, 0.6) is 0 Å². The fourth-order valence-corrected chi connectivity index (χ4v) is 15.8. The predicted molar refractivity (Wildman–Crippen MR) is 455 cm³/mol. The highest BCUT2D eigenvalue weighted by molar-refractivity contribution is 6.30. The molecule has 112 heavy (non-hydrogen) atoms. The number of hydrogen-bond donors (Lipinski definition) is 0. The van der Waals surface area contributed by atoms with Gasteiger partial charge in [0.2, 0.25) is 11.4 Å². The van der Waals surface area contributed by atoms with Crippen LogP contribution >= 0.6 is 0 Å². The van der Waals surface area contributed by atoms with Gasteiger partial charge in [-0.05, 0) is 65.2 Å². The minimum atomic E-state index is 0.623. The molecule has 0 fully saturated rings. The summed E-state index contributed by atoms with van der Waals surface area (Å²) in [6.45, 7) is 0. The van der Waals surface area contributed by atoms with Gasteiger partial charge < -0.3 is 8.83 Å². The first-order valence-corrected chi connectivity index (χ1v) is 37.4. The van der Waals surface area contributed by atoms with E-state index in [1.165, 1.54) is 0 Å². The van der Waals surface area contributed by atoms with Crippen LogP contribution in [0, 0.1) is 0 Å². The molecule has 0 saturated heterocycles. The van der Waals surface area contributed by atoms with Crippen molar-refractivity contribution >= 4 is 87.7 Å². The molecule has 0 atom stereocenters. The molecule has 11 nitrogen and oxygen atoms in total. The second-order valence-electron chi connectivity index (χ2n) is 27.8. The first-order valence-electron chi connectivity index (χ1n) is 37.4. The maximum absolute atomic E-state index is 7.00. The van der Waals surface area contributed by atoms with E-state index in [1.807, 2.05) is 133 Å². The second kappa shape index (κ2) is 27.5. The highest BCUT2D eigenvalue weighted by Crippen LogP contribution is 2.48. The zero-order valence-corrected chi connectivity index (χ0v) is 60.2. The largest absolute Gasteiger partial charge is 0.437 e. The van der Waals surface area contributed by atoms with E-state index < -0.39 is 0 Å². The fraction of sp³-hybridized carbons (Fsp3) is 0. The van der Waals surface area contributed by atoms with Crippen molar-refractivity contribution in [1.29, 1.82) is 0 Å². The zero-order valence-electron chi connectivity index (χ0n) is 60.2. The van der Waals surface area contributed by atoms with E-state index in [1.54, 1.807) is 0 Å². The number of para-hydroxylation sites is 5. The zero-order chi connectivity index (χ0) is 74.0. The lowest BCUT2D eigenvalue weighted by Crippen LogP contribution is -2.00. The van der Waals surface area contributed by atoms with Gasteiger partial charge in [-0.1, -0.05) is 334 Å². The fourth-order valence-electron chi connectivity index (χ4n) is 15.8. The monoisotopic (exact) mass is 1430 g/mol. The number of hydrogen-bond acceptors (Lipinski definition) is 9. The molecule has 0 unspecified atom stereocenters. The Hall–Kier alpha value is -15.3. The van der Waals surface area contributed by atoms with Crippen LogP contribution in [0.15, 0.2) is 391 Å². The number of rotatable bonds is 12. The Kier molecular flexibility index (Phi) is 15.9. The van der Waals surface area contributed by atoms with Crippen molar-refractivity contribution in [2.45, 2.75) is 0 Å². The molecule has 22 aromatic rings. The number of nitrogens with zero attached hydrogens (tertiary/aromatic N) is 9. The number of pyridine rings is 2. The van der Waals surface area contributed by atoms with Crippen LogP contribution in [-0.2, 0) is 0 Å². The highest BCUT2D eigenvalue weighted by atomic mass is 16.3. The van der Waals surface area contributed by atoms with E-state index >= 15 is 0 Å². The standard InChI is InChI=1S/C51H32N4O.C50H31N5O/c1-5-16-34(17-6-1)42-32-43(53-50(52-42)37-20-9-3-10-21-37)35-30-28-33(29-31-35)39-25-15-26-41-45-46-40-24-13-14-27-44(40)55(38-22-11-4-12-23-38)51(46)56-49(45)47(54-48(39)41)36-18-7-2-8-19-36;1-5-15-33(16-6-1)45-46-43(44-40-23-13-14-24-42(40)55(50(44)56-46)38-21-11-4-12-22-38)39-30-29-37(31-41(39)51-45)32-25-27-36(28-26-32)49-53-47(34-17-7-2-8-18-34)52-48(54-49)35-19-9-3-10-20-35/h1-32H;1-31H. The first-order chi connectivity index (χ1) is 55.5. The van der Waals surface area contributed by atoms with Gasteiger partial charge in [-0.25, -0.2) is 34.9 Å². The van der Waals surface area contributed by atoms with Crippen molar-refractivity contribution in [1.82, 2.24) is 44.0 Å². The summed E-state index contributed by atoms with van der Waals surface area (Å²) >= 11 is 0. The van der Waals surface area contributed by atoms with E-state index in [2.05, 4.69) is 258 Å². The molecule has 0 radical (unpaired) electrons. The van der Waals surface area contributed by atoms with Crippen LogP contribution < -0.4 is 0 Å². The topological polar surface area (TPSA) is 126 Å². The molecule has 0 bridgehead atoms. The van der Waals surface area contributed by atoms with E-state index in [-0.39, 0.29) is 0 Å². The molecule has 0 saturated carbocycles. The smallest absolute Gasteiger partial charge is 0.213 e. The van der Waals surface area contributed by atoms with E-state index in [0.29, 0.717) is 23.3 Å². The minimum Gasteiger partial charge on any atom is -0.437 e. The van der Waals surface area contributed by atoms with Crippen LogP contribution in [0.25, 0.3) is 212 Å². The molecule has 11 heteroatoms. The van der Waals surface area contributed by atoms with Crippen molar-refractivity contribution in [2.24, 2.45) is 0 Å². The van der Waals surface area contributed by atoms with Crippen molar-refractivity contribution in [2.75, 3.05) is 0 Å². The average molecular weight is 1430 g/mol. The van der Waals surface area contributed by atoms with Crippen LogP contribution in [0.4, 0.5) is 0 Å². The molecular weight excluding hydrogens is 1370 g/mol. The maximum atomic E-state index is 7.00. The Morgan fingerprint density at radius 3 is 1.04 bits per heavy atom. The minimum absolute atomic E-state index is 0.623. The third kappa shape index (κ3) is 11.4. The first kappa shape index (κ1) is 65.0. The normalized spacial score (nSPS) is 11.6. The quantitative estimate of drug-likeness (QED) is 0.117. The van der Waals surface area contributed by atoms with Crippen LogP contribution in [0.1, 0.15) is 0 Å². The summed E-state index contributed by atoms with van der Waals surface area (Å²) in [6.07, 6.45) is 0. The lowest BCUT2D eigenvalue weighted by Gasteiger charge is -2.12. The van der Waals surface area contributed by atoms with Crippen LogP contribution in [-0.4, -0.2) is 44.0 Å².